The third-order valence-corrected chi connectivity index (χ3v) is 4.03. The molecule has 7 nitrogen and oxygen atoms in total. The Morgan fingerprint density at radius 1 is 1.32 bits per heavy atom. The number of amides is 3. The molecule has 0 bridgehead atoms. The summed E-state index contributed by atoms with van der Waals surface area (Å²) in [7, 11) is 1.69. The zero-order valence-corrected chi connectivity index (χ0v) is 15.2. The Hall–Kier alpha value is -2.83. The first-order valence-electron chi connectivity index (χ1n) is 8.11. The molecule has 0 aliphatic heterocycles. The van der Waals surface area contributed by atoms with Crippen molar-refractivity contribution in [2.45, 2.75) is 40.2 Å². The second-order valence-electron chi connectivity index (χ2n) is 6.13. The number of nitrogens with one attached hydrogen (secondary N) is 2. The average Bonchev–Trinajstić information content (AvgIpc) is 2.86. The molecule has 1 heterocycles. The van der Waals surface area contributed by atoms with E-state index >= 15 is 0 Å². The van der Waals surface area contributed by atoms with Gasteiger partial charge in [-0.1, -0.05) is 11.2 Å². The quantitative estimate of drug-likeness (QED) is 0.873. The number of hydrogen-bond acceptors (Lipinski definition) is 4. The summed E-state index contributed by atoms with van der Waals surface area (Å²) in [6.07, 6.45) is 0.641. The summed E-state index contributed by atoms with van der Waals surface area (Å²) in [4.78, 5) is 25.2. The number of rotatable bonds is 5. The molecule has 0 unspecified atom stereocenters. The molecule has 7 heteroatoms. The van der Waals surface area contributed by atoms with Gasteiger partial charge in [-0.15, -0.1) is 0 Å². The minimum absolute atomic E-state index is 0.0744. The number of benzene rings is 1. The number of nitrogens with zero attached hydrogens (tertiary/aromatic N) is 2. The summed E-state index contributed by atoms with van der Waals surface area (Å²) in [5.74, 6) is 0.696. The Morgan fingerprint density at radius 3 is 2.64 bits per heavy atom. The lowest BCUT2D eigenvalue weighted by molar-refractivity contribution is -0.116. The van der Waals surface area contributed by atoms with Crippen LogP contribution in [0.25, 0.3) is 0 Å². The van der Waals surface area contributed by atoms with Crippen LogP contribution in [-0.2, 0) is 11.2 Å². The van der Waals surface area contributed by atoms with Gasteiger partial charge in [0.1, 0.15) is 5.76 Å². The van der Waals surface area contributed by atoms with Crippen molar-refractivity contribution in [3.63, 3.8) is 0 Å². The van der Waals surface area contributed by atoms with E-state index in [1.165, 1.54) is 11.8 Å². The molecular formula is C18H24N4O3. The van der Waals surface area contributed by atoms with Crippen LogP contribution in [0.15, 0.2) is 28.8 Å². The van der Waals surface area contributed by atoms with Crippen LogP contribution in [-0.4, -0.2) is 30.2 Å². The molecule has 1 aromatic carbocycles. The molecule has 0 fully saturated rings. The fourth-order valence-corrected chi connectivity index (χ4v) is 2.52. The summed E-state index contributed by atoms with van der Waals surface area (Å²) < 4.78 is 5.14. The van der Waals surface area contributed by atoms with E-state index in [4.69, 9.17) is 4.52 Å². The maximum absolute atomic E-state index is 12.2. The summed E-state index contributed by atoms with van der Waals surface area (Å²) in [5.41, 5.74) is 3.19. The van der Waals surface area contributed by atoms with Crippen LogP contribution < -0.4 is 15.5 Å². The number of hydrogen-bond donors (Lipinski definition) is 2. The largest absolute Gasteiger partial charge is 0.361 e. The van der Waals surface area contributed by atoms with Gasteiger partial charge in [-0.25, -0.2) is 4.79 Å². The highest BCUT2D eigenvalue weighted by atomic mass is 16.5. The molecule has 134 valence electrons. The highest BCUT2D eigenvalue weighted by Gasteiger charge is 2.15. The molecule has 0 saturated heterocycles. The number of aryl methyl sites for hydroxylation is 2. The molecule has 0 spiro atoms. The van der Waals surface area contributed by atoms with Gasteiger partial charge in [0.05, 0.1) is 5.69 Å². The lowest BCUT2D eigenvalue weighted by Gasteiger charge is -2.17. The van der Waals surface area contributed by atoms with Crippen molar-refractivity contribution in [3.8, 4) is 0 Å². The standard InChI is InChI=1S/C18H24N4O3/c1-11(9-17-12(2)21-25-13(17)3)19-18(24)20-15-7-6-8-16(10-15)22(5)14(4)23/h6-8,10-11H,9H2,1-5H3,(H2,19,20,24)/t11-/m0/s1. The van der Waals surface area contributed by atoms with E-state index < -0.39 is 0 Å². The molecule has 0 saturated carbocycles. The average molecular weight is 344 g/mol. The molecule has 25 heavy (non-hydrogen) atoms. The van der Waals surface area contributed by atoms with Crippen molar-refractivity contribution >= 4 is 23.3 Å². The summed E-state index contributed by atoms with van der Waals surface area (Å²) in [6.45, 7) is 7.16. The first kappa shape index (κ1) is 18.5. The van der Waals surface area contributed by atoms with Crippen molar-refractivity contribution in [1.29, 1.82) is 0 Å². The monoisotopic (exact) mass is 344 g/mol. The molecule has 2 rings (SSSR count). The smallest absolute Gasteiger partial charge is 0.319 e. The Morgan fingerprint density at radius 2 is 2.04 bits per heavy atom. The van der Waals surface area contributed by atoms with Crippen molar-refractivity contribution < 1.29 is 14.1 Å². The van der Waals surface area contributed by atoms with Gasteiger partial charge in [-0.05, 0) is 45.4 Å². The molecule has 1 aromatic heterocycles. The van der Waals surface area contributed by atoms with E-state index in [0.717, 1.165) is 17.0 Å². The van der Waals surface area contributed by atoms with Crippen LogP contribution in [0.3, 0.4) is 0 Å². The second kappa shape index (κ2) is 7.83. The predicted molar refractivity (Wildman–Crippen MR) is 96.8 cm³/mol. The Bertz CT molecular complexity index is 750. The lowest BCUT2D eigenvalue weighted by atomic mass is 10.1. The molecule has 0 aliphatic rings. The van der Waals surface area contributed by atoms with E-state index in [9.17, 15) is 9.59 Å². The SMILES string of the molecule is CC(=O)N(C)c1cccc(NC(=O)N[C@@H](C)Cc2c(C)noc2C)c1. The van der Waals surface area contributed by atoms with Crippen molar-refractivity contribution in [2.75, 3.05) is 17.3 Å². The van der Waals surface area contributed by atoms with E-state index in [0.29, 0.717) is 17.8 Å². The number of carbonyl (C=O) groups excluding carboxylic acids is 2. The van der Waals surface area contributed by atoms with Crippen LogP contribution in [0.4, 0.5) is 16.2 Å². The van der Waals surface area contributed by atoms with Gasteiger partial charge in [-0.2, -0.15) is 0 Å². The fourth-order valence-electron chi connectivity index (χ4n) is 2.52. The Kier molecular flexibility index (Phi) is 5.80. The number of aromatic nitrogens is 1. The molecular weight excluding hydrogens is 320 g/mol. The highest BCUT2D eigenvalue weighted by Crippen LogP contribution is 2.19. The van der Waals surface area contributed by atoms with E-state index in [2.05, 4.69) is 15.8 Å². The topological polar surface area (TPSA) is 87.5 Å². The van der Waals surface area contributed by atoms with Crippen LogP contribution >= 0.6 is 0 Å². The summed E-state index contributed by atoms with van der Waals surface area (Å²) in [5, 5.41) is 9.60. The zero-order chi connectivity index (χ0) is 18.6. The minimum atomic E-state index is -0.304. The Balaban J connectivity index is 1.96. The van der Waals surface area contributed by atoms with Gasteiger partial charge in [0.2, 0.25) is 5.91 Å². The van der Waals surface area contributed by atoms with Gasteiger partial charge in [0, 0.05) is 37.0 Å². The van der Waals surface area contributed by atoms with Crippen LogP contribution in [0.5, 0.6) is 0 Å². The number of anilines is 2. The molecule has 0 aliphatic carbocycles. The molecule has 2 N–H and O–H groups in total. The van der Waals surface area contributed by atoms with E-state index in [1.54, 1.807) is 25.2 Å². The van der Waals surface area contributed by atoms with Gasteiger partial charge < -0.3 is 20.1 Å². The molecule has 0 radical (unpaired) electrons. The molecule has 3 amide bonds. The maximum Gasteiger partial charge on any atom is 0.319 e. The van der Waals surface area contributed by atoms with Gasteiger partial charge in [0.15, 0.2) is 0 Å². The first-order chi connectivity index (χ1) is 11.8. The fraction of sp³-hybridized carbons (Fsp3) is 0.389. The third-order valence-electron chi connectivity index (χ3n) is 4.03. The van der Waals surface area contributed by atoms with Crippen LogP contribution in [0.1, 0.15) is 30.9 Å². The number of urea groups is 1. The van der Waals surface area contributed by atoms with Crippen LogP contribution in [0.2, 0.25) is 0 Å². The summed E-state index contributed by atoms with van der Waals surface area (Å²) >= 11 is 0. The summed E-state index contributed by atoms with van der Waals surface area (Å²) in [6, 6.07) is 6.74. The zero-order valence-electron chi connectivity index (χ0n) is 15.2. The van der Waals surface area contributed by atoms with Gasteiger partial charge >= 0.3 is 6.03 Å². The second-order valence-corrected chi connectivity index (χ2v) is 6.13. The van der Waals surface area contributed by atoms with Crippen molar-refractivity contribution in [2.24, 2.45) is 0 Å². The Labute approximate surface area is 147 Å². The van der Waals surface area contributed by atoms with Gasteiger partial charge in [0.25, 0.3) is 0 Å². The lowest BCUT2D eigenvalue weighted by Crippen LogP contribution is -2.37. The molecule has 2 aromatic rings. The number of carbonyl (C=O) groups is 2. The normalized spacial score (nSPS) is 11.7. The molecule has 1 atom stereocenters. The van der Waals surface area contributed by atoms with Crippen molar-refractivity contribution in [3.05, 3.63) is 41.3 Å². The van der Waals surface area contributed by atoms with Crippen LogP contribution in [0, 0.1) is 13.8 Å². The highest BCUT2D eigenvalue weighted by molar-refractivity contribution is 5.93. The van der Waals surface area contributed by atoms with Crippen molar-refractivity contribution in [1.82, 2.24) is 10.5 Å². The van der Waals surface area contributed by atoms with E-state index in [-0.39, 0.29) is 18.0 Å². The van der Waals surface area contributed by atoms with Gasteiger partial charge in [-0.3, -0.25) is 4.79 Å². The predicted octanol–water partition coefficient (Wildman–Crippen LogP) is 3.03. The first-order valence-corrected chi connectivity index (χ1v) is 8.11. The van der Waals surface area contributed by atoms with E-state index in [1.807, 2.05) is 26.8 Å². The third kappa shape index (κ3) is 4.82. The maximum atomic E-state index is 12.2. The minimum Gasteiger partial charge on any atom is -0.361 e.